The van der Waals surface area contributed by atoms with E-state index in [0.717, 1.165) is 0 Å². The molecule has 0 aromatic heterocycles. The van der Waals surface area contributed by atoms with Crippen molar-refractivity contribution < 1.29 is 24.4 Å². The zero-order chi connectivity index (χ0) is 16.2. The van der Waals surface area contributed by atoms with E-state index in [4.69, 9.17) is 10.8 Å². The minimum absolute atomic E-state index is 0.259. The van der Waals surface area contributed by atoms with Gasteiger partial charge >= 0.3 is 5.97 Å². The minimum atomic E-state index is -1.55. The molecular weight excluding hydrogens is 282 g/mol. The SMILES string of the molecule is Cc1cccc(C(=O)NC(CC(N)=O)C(=O)O)c1[N+](=O)[O-]. The molecule has 0 aliphatic heterocycles. The number of benzene rings is 1. The molecular formula is C12H13N3O6. The molecule has 21 heavy (non-hydrogen) atoms. The van der Waals surface area contributed by atoms with Crippen LogP contribution in [0.1, 0.15) is 22.3 Å². The summed E-state index contributed by atoms with van der Waals surface area (Å²) in [6.45, 7) is 1.45. The number of aliphatic carboxylic acids is 1. The zero-order valence-electron chi connectivity index (χ0n) is 11.0. The number of nitrogens with zero attached hydrogens (tertiary/aromatic N) is 1. The third-order valence-electron chi connectivity index (χ3n) is 2.67. The molecule has 4 N–H and O–H groups in total. The lowest BCUT2D eigenvalue weighted by molar-refractivity contribution is -0.385. The monoisotopic (exact) mass is 295 g/mol. The van der Waals surface area contributed by atoms with Crippen LogP contribution < -0.4 is 11.1 Å². The van der Waals surface area contributed by atoms with Gasteiger partial charge in [-0.3, -0.25) is 19.7 Å². The minimum Gasteiger partial charge on any atom is -0.480 e. The Labute approximate surface area is 118 Å². The Balaban J connectivity index is 3.09. The highest BCUT2D eigenvalue weighted by Gasteiger charge is 2.27. The van der Waals surface area contributed by atoms with Crippen LogP contribution in [-0.4, -0.2) is 33.9 Å². The van der Waals surface area contributed by atoms with Crippen molar-refractivity contribution >= 4 is 23.5 Å². The fourth-order valence-electron chi connectivity index (χ4n) is 1.72. The Morgan fingerprint density at radius 1 is 1.43 bits per heavy atom. The first-order chi connectivity index (χ1) is 9.73. The molecule has 1 aromatic rings. The number of hydrogen-bond acceptors (Lipinski definition) is 5. The van der Waals surface area contributed by atoms with E-state index in [1.807, 2.05) is 5.32 Å². The second kappa shape index (κ2) is 6.46. The van der Waals surface area contributed by atoms with Crippen LogP contribution in [0.2, 0.25) is 0 Å². The van der Waals surface area contributed by atoms with Crippen LogP contribution in [0.4, 0.5) is 5.69 Å². The first-order valence-electron chi connectivity index (χ1n) is 5.80. The lowest BCUT2D eigenvalue weighted by atomic mass is 10.1. The zero-order valence-corrected chi connectivity index (χ0v) is 11.0. The standard InChI is InChI=1S/C12H13N3O6/c1-6-3-2-4-7(10(6)15(20)21)11(17)14-8(12(18)19)5-9(13)16/h2-4,8H,5H2,1H3,(H2,13,16)(H,14,17)(H,18,19). The van der Waals surface area contributed by atoms with Gasteiger partial charge in [0.1, 0.15) is 11.6 Å². The molecule has 0 heterocycles. The second-order valence-electron chi connectivity index (χ2n) is 4.26. The maximum atomic E-state index is 12.0. The van der Waals surface area contributed by atoms with E-state index in [0.29, 0.717) is 0 Å². The van der Waals surface area contributed by atoms with E-state index in [2.05, 4.69) is 0 Å². The fraction of sp³-hybridized carbons (Fsp3) is 0.250. The molecule has 1 atom stereocenters. The number of nitrogens with one attached hydrogen (secondary N) is 1. The summed E-state index contributed by atoms with van der Waals surface area (Å²) in [7, 11) is 0. The molecule has 1 rings (SSSR count). The Hall–Kier alpha value is -2.97. The molecule has 1 aromatic carbocycles. The molecule has 9 heteroatoms. The molecule has 0 fully saturated rings. The number of aryl methyl sites for hydroxylation is 1. The van der Waals surface area contributed by atoms with Crippen molar-refractivity contribution in [2.24, 2.45) is 5.73 Å². The number of primary amides is 1. The molecule has 0 aliphatic rings. The van der Waals surface area contributed by atoms with Gasteiger partial charge in [-0.15, -0.1) is 0 Å². The average Bonchev–Trinajstić information content (AvgIpc) is 2.36. The molecule has 0 saturated heterocycles. The van der Waals surface area contributed by atoms with Gasteiger partial charge < -0.3 is 16.2 Å². The largest absolute Gasteiger partial charge is 0.480 e. The van der Waals surface area contributed by atoms with Crippen LogP contribution in [0.3, 0.4) is 0 Å². The fourth-order valence-corrected chi connectivity index (χ4v) is 1.72. The molecule has 9 nitrogen and oxygen atoms in total. The smallest absolute Gasteiger partial charge is 0.326 e. The third-order valence-corrected chi connectivity index (χ3v) is 2.67. The van der Waals surface area contributed by atoms with E-state index in [1.54, 1.807) is 0 Å². The van der Waals surface area contributed by atoms with Gasteiger partial charge in [0.25, 0.3) is 11.6 Å². The van der Waals surface area contributed by atoms with E-state index < -0.39 is 40.9 Å². The molecule has 0 spiro atoms. The van der Waals surface area contributed by atoms with E-state index in [9.17, 15) is 24.5 Å². The van der Waals surface area contributed by atoms with Crippen LogP contribution in [0.25, 0.3) is 0 Å². The normalized spacial score (nSPS) is 11.5. The van der Waals surface area contributed by atoms with Crippen LogP contribution in [-0.2, 0) is 9.59 Å². The molecule has 0 saturated carbocycles. The van der Waals surface area contributed by atoms with Crippen molar-refractivity contribution in [3.05, 3.63) is 39.4 Å². The van der Waals surface area contributed by atoms with Crippen LogP contribution in [0.5, 0.6) is 0 Å². The third kappa shape index (κ3) is 4.00. The van der Waals surface area contributed by atoms with Crippen molar-refractivity contribution in [3.63, 3.8) is 0 Å². The van der Waals surface area contributed by atoms with Crippen LogP contribution >= 0.6 is 0 Å². The first-order valence-corrected chi connectivity index (χ1v) is 5.80. The summed E-state index contributed by atoms with van der Waals surface area (Å²) in [4.78, 5) is 43.9. The number of amides is 2. The molecule has 0 aliphatic carbocycles. The maximum Gasteiger partial charge on any atom is 0.326 e. The van der Waals surface area contributed by atoms with E-state index in [1.165, 1.54) is 25.1 Å². The predicted octanol–water partition coefficient (Wildman–Crippen LogP) is -0.0384. The number of nitrogens with two attached hydrogens (primary N) is 1. The number of rotatable bonds is 6. The quantitative estimate of drug-likeness (QED) is 0.494. The van der Waals surface area contributed by atoms with Crippen LogP contribution in [0.15, 0.2) is 18.2 Å². The summed E-state index contributed by atoms with van der Waals surface area (Å²) in [5, 5.41) is 21.9. The summed E-state index contributed by atoms with van der Waals surface area (Å²) in [6.07, 6.45) is -0.610. The van der Waals surface area contributed by atoms with Gasteiger partial charge in [0.15, 0.2) is 0 Å². The molecule has 1 unspecified atom stereocenters. The van der Waals surface area contributed by atoms with Gasteiger partial charge in [-0.2, -0.15) is 0 Å². The summed E-state index contributed by atoms with van der Waals surface area (Å²) in [5.74, 6) is -3.34. The number of nitro benzene ring substituents is 1. The Bertz CT molecular complexity index is 613. The van der Waals surface area contributed by atoms with Crippen LogP contribution in [0, 0.1) is 17.0 Å². The van der Waals surface area contributed by atoms with Crippen molar-refractivity contribution in [2.75, 3.05) is 0 Å². The topological polar surface area (TPSA) is 153 Å². The number of carbonyl (C=O) groups excluding carboxylic acids is 2. The molecule has 112 valence electrons. The highest BCUT2D eigenvalue weighted by molar-refractivity contribution is 6.01. The van der Waals surface area contributed by atoms with Gasteiger partial charge in [0.05, 0.1) is 11.3 Å². The number of carboxylic acids is 1. The summed E-state index contributed by atoms with van der Waals surface area (Å²) in [6, 6.07) is 2.53. The van der Waals surface area contributed by atoms with Gasteiger partial charge in [-0.25, -0.2) is 4.79 Å². The number of hydrogen-bond donors (Lipinski definition) is 3. The van der Waals surface area contributed by atoms with Crippen molar-refractivity contribution in [1.29, 1.82) is 0 Å². The summed E-state index contributed by atoms with van der Waals surface area (Å²) >= 11 is 0. The van der Waals surface area contributed by atoms with Gasteiger partial charge in [0, 0.05) is 5.56 Å². The van der Waals surface area contributed by atoms with E-state index >= 15 is 0 Å². The van der Waals surface area contributed by atoms with E-state index in [-0.39, 0.29) is 11.1 Å². The van der Waals surface area contributed by atoms with Crippen molar-refractivity contribution in [1.82, 2.24) is 5.32 Å². The highest BCUT2D eigenvalue weighted by atomic mass is 16.6. The Kier molecular flexibility index (Phi) is 4.95. The predicted molar refractivity (Wildman–Crippen MR) is 70.5 cm³/mol. The second-order valence-corrected chi connectivity index (χ2v) is 4.26. The van der Waals surface area contributed by atoms with Gasteiger partial charge in [-0.05, 0) is 13.0 Å². The lowest BCUT2D eigenvalue weighted by Crippen LogP contribution is -2.43. The van der Waals surface area contributed by atoms with Gasteiger partial charge in [0.2, 0.25) is 5.91 Å². The molecule has 2 amide bonds. The average molecular weight is 295 g/mol. The lowest BCUT2D eigenvalue weighted by Gasteiger charge is -2.13. The van der Waals surface area contributed by atoms with Crippen molar-refractivity contribution in [3.8, 4) is 0 Å². The Morgan fingerprint density at radius 2 is 2.05 bits per heavy atom. The summed E-state index contributed by atoms with van der Waals surface area (Å²) < 4.78 is 0. The highest BCUT2D eigenvalue weighted by Crippen LogP contribution is 2.23. The number of carboxylic acid groups (broad SMARTS) is 1. The number of carbonyl (C=O) groups is 3. The maximum absolute atomic E-state index is 12.0. The number of para-hydroxylation sites is 1. The Morgan fingerprint density at radius 3 is 2.52 bits per heavy atom. The number of nitro groups is 1. The molecule has 0 bridgehead atoms. The molecule has 0 radical (unpaired) electrons. The van der Waals surface area contributed by atoms with Crippen molar-refractivity contribution in [2.45, 2.75) is 19.4 Å². The summed E-state index contributed by atoms with van der Waals surface area (Å²) in [5.41, 5.74) is 4.44. The van der Waals surface area contributed by atoms with Gasteiger partial charge in [-0.1, -0.05) is 12.1 Å². The first kappa shape index (κ1) is 16.1.